The lowest BCUT2D eigenvalue weighted by molar-refractivity contribution is -0.0974. The van der Waals surface area contributed by atoms with Crippen molar-refractivity contribution in [1.29, 1.82) is 0 Å². The first-order valence-corrected chi connectivity index (χ1v) is 4.37. The van der Waals surface area contributed by atoms with Crippen molar-refractivity contribution in [2.75, 3.05) is 5.33 Å². The van der Waals surface area contributed by atoms with Crippen molar-refractivity contribution in [3.8, 4) is 0 Å². The van der Waals surface area contributed by atoms with E-state index in [1.54, 1.807) is 20.8 Å². The van der Waals surface area contributed by atoms with E-state index in [1.165, 1.54) is 0 Å². The van der Waals surface area contributed by atoms with Gasteiger partial charge in [0.1, 0.15) is 0 Å². The molecule has 3 heteroatoms. The van der Waals surface area contributed by atoms with Crippen LogP contribution in [0.25, 0.3) is 0 Å². The van der Waals surface area contributed by atoms with Crippen molar-refractivity contribution in [2.45, 2.75) is 33.1 Å². The molecule has 0 nitrogen and oxygen atoms in total. The molecule has 0 N–H and O–H groups in total. The molecule has 0 aliphatic rings. The smallest absolute Gasteiger partial charge is 0.206 e. The third-order valence-electron chi connectivity index (χ3n) is 1.51. The number of rotatable bonds is 2. The van der Waals surface area contributed by atoms with E-state index in [9.17, 15) is 8.78 Å². The largest absolute Gasteiger partial charge is 0.253 e. The van der Waals surface area contributed by atoms with E-state index in [1.807, 2.05) is 0 Å². The Bertz CT molecular complexity index is 105. The predicted molar refractivity (Wildman–Crippen MR) is 42.8 cm³/mol. The number of hydrogen-bond acceptors (Lipinski definition) is 0. The lowest BCUT2D eigenvalue weighted by Gasteiger charge is -2.29. The van der Waals surface area contributed by atoms with E-state index in [2.05, 4.69) is 15.9 Å². The van der Waals surface area contributed by atoms with Crippen LogP contribution in [0.1, 0.15) is 27.2 Å². The zero-order chi connectivity index (χ0) is 8.41. The van der Waals surface area contributed by atoms with Crippen LogP contribution in [-0.2, 0) is 0 Å². The Hall–Kier alpha value is 0.340. The maximum atomic E-state index is 12.9. The highest BCUT2D eigenvalue weighted by molar-refractivity contribution is 9.09. The van der Waals surface area contributed by atoms with Crippen LogP contribution in [0.3, 0.4) is 0 Å². The van der Waals surface area contributed by atoms with Gasteiger partial charge in [0.2, 0.25) is 0 Å². The Labute approximate surface area is 69.1 Å². The number of halogens is 3. The first-order valence-electron chi connectivity index (χ1n) is 3.25. The highest BCUT2D eigenvalue weighted by Gasteiger charge is 2.41. The summed E-state index contributed by atoms with van der Waals surface area (Å²) in [6.07, 6.45) is -0.0868. The minimum absolute atomic E-state index is 0.0868. The fraction of sp³-hybridized carbons (Fsp3) is 1.00. The summed E-state index contributed by atoms with van der Waals surface area (Å²) in [5.74, 6) is -2.56. The standard InChI is InChI=1S/C7H13BrF2/c1-6(2,3)7(9,10)4-5-8/h4-5H2,1-3H3. The molecule has 0 unspecified atom stereocenters. The lowest BCUT2D eigenvalue weighted by atomic mass is 9.87. The van der Waals surface area contributed by atoms with Crippen molar-refractivity contribution < 1.29 is 8.78 Å². The Kier molecular flexibility index (Phi) is 3.27. The van der Waals surface area contributed by atoms with Gasteiger partial charge in [-0.25, -0.2) is 8.78 Å². The zero-order valence-electron chi connectivity index (χ0n) is 6.55. The molecule has 0 radical (unpaired) electrons. The molecule has 0 rings (SSSR count). The fourth-order valence-electron chi connectivity index (χ4n) is 0.494. The van der Waals surface area contributed by atoms with Gasteiger partial charge in [-0.3, -0.25) is 0 Å². The molecule has 62 valence electrons. The highest BCUT2D eigenvalue weighted by atomic mass is 79.9. The van der Waals surface area contributed by atoms with E-state index in [0.717, 1.165) is 0 Å². The molecule has 0 atom stereocenters. The van der Waals surface area contributed by atoms with Gasteiger partial charge in [-0.1, -0.05) is 36.7 Å². The Morgan fingerprint density at radius 3 is 1.70 bits per heavy atom. The summed E-state index contributed by atoms with van der Waals surface area (Å²) in [5, 5.41) is 0.358. The van der Waals surface area contributed by atoms with Crippen LogP contribution in [-0.4, -0.2) is 11.3 Å². The molecule has 0 saturated carbocycles. The molecule has 0 bridgehead atoms. The molecule has 0 heterocycles. The summed E-state index contributed by atoms with van der Waals surface area (Å²) in [6.45, 7) is 4.65. The summed E-state index contributed by atoms with van der Waals surface area (Å²) in [6, 6.07) is 0. The normalized spacial score (nSPS) is 13.8. The second-order valence-corrected chi connectivity index (χ2v) is 4.19. The van der Waals surface area contributed by atoms with Crippen LogP contribution in [0, 0.1) is 5.41 Å². The van der Waals surface area contributed by atoms with Crippen molar-refractivity contribution in [3.05, 3.63) is 0 Å². The Morgan fingerprint density at radius 2 is 1.60 bits per heavy atom. The van der Waals surface area contributed by atoms with Crippen molar-refractivity contribution in [2.24, 2.45) is 5.41 Å². The van der Waals surface area contributed by atoms with Crippen molar-refractivity contribution in [1.82, 2.24) is 0 Å². The lowest BCUT2D eigenvalue weighted by Crippen LogP contribution is -2.33. The zero-order valence-corrected chi connectivity index (χ0v) is 8.13. The van der Waals surface area contributed by atoms with E-state index >= 15 is 0 Å². The summed E-state index contributed by atoms with van der Waals surface area (Å²) >= 11 is 3.00. The van der Waals surface area contributed by atoms with E-state index in [0.29, 0.717) is 5.33 Å². The van der Waals surface area contributed by atoms with Crippen molar-refractivity contribution in [3.63, 3.8) is 0 Å². The maximum Gasteiger partial charge on any atom is 0.253 e. The Balaban J connectivity index is 4.10. The predicted octanol–water partition coefficient (Wildman–Crippen LogP) is 3.45. The number of hydrogen-bond donors (Lipinski definition) is 0. The topological polar surface area (TPSA) is 0 Å². The molecular formula is C7H13BrF2. The minimum atomic E-state index is -2.56. The second kappa shape index (κ2) is 3.16. The van der Waals surface area contributed by atoms with Gasteiger partial charge in [-0.05, 0) is 0 Å². The van der Waals surface area contributed by atoms with Gasteiger partial charge in [0, 0.05) is 17.2 Å². The third kappa shape index (κ3) is 2.52. The van der Waals surface area contributed by atoms with Crippen LogP contribution in [0.5, 0.6) is 0 Å². The van der Waals surface area contributed by atoms with Gasteiger partial charge in [0.05, 0.1) is 0 Å². The van der Waals surface area contributed by atoms with E-state index < -0.39 is 11.3 Å². The average molecular weight is 215 g/mol. The molecule has 10 heavy (non-hydrogen) atoms. The van der Waals surface area contributed by atoms with Gasteiger partial charge in [0.15, 0.2) is 0 Å². The average Bonchev–Trinajstić information content (AvgIpc) is 1.61. The van der Waals surface area contributed by atoms with Crippen LogP contribution in [0.4, 0.5) is 8.78 Å². The second-order valence-electron chi connectivity index (χ2n) is 3.39. The molecule has 0 fully saturated rings. The molecule has 0 aromatic carbocycles. The first-order chi connectivity index (χ1) is 4.31. The summed E-state index contributed by atoms with van der Waals surface area (Å²) in [5.41, 5.74) is -0.916. The molecule has 0 aliphatic carbocycles. The molecule has 0 saturated heterocycles. The SMILES string of the molecule is CC(C)(C)C(F)(F)CCBr. The molecule has 0 amide bonds. The van der Waals surface area contributed by atoms with E-state index in [4.69, 9.17) is 0 Å². The summed E-state index contributed by atoms with van der Waals surface area (Å²) < 4.78 is 25.8. The molecule has 0 aliphatic heterocycles. The quantitative estimate of drug-likeness (QED) is 0.619. The van der Waals surface area contributed by atoms with E-state index in [-0.39, 0.29) is 6.42 Å². The summed E-state index contributed by atoms with van der Waals surface area (Å²) in [4.78, 5) is 0. The third-order valence-corrected chi connectivity index (χ3v) is 1.90. The van der Waals surface area contributed by atoms with Gasteiger partial charge in [-0.2, -0.15) is 0 Å². The van der Waals surface area contributed by atoms with Crippen LogP contribution in [0.2, 0.25) is 0 Å². The van der Waals surface area contributed by atoms with Crippen LogP contribution < -0.4 is 0 Å². The van der Waals surface area contributed by atoms with Gasteiger partial charge < -0.3 is 0 Å². The minimum Gasteiger partial charge on any atom is -0.206 e. The molecule has 0 spiro atoms. The van der Waals surface area contributed by atoms with Crippen LogP contribution >= 0.6 is 15.9 Å². The molecular weight excluding hydrogens is 202 g/mol. The fourth-order valence-corrected chi connectivity index (χ4v) is 0.992. The Morgan fingerprint density at radius 1 is 1.20 bits per heavy atom. The van der Waals surface area contributed by atoms with Crippen LogP contribution in [0.15, 0.2) is 0 Å². The molecule has 0 aromatic rings. The number of alkyl halides is 3. The van der Waals surface area contributed by atoms with Crippen molar-refractivity contribution >= 4 is 15.9 Å². The first kappa shape index (κ1) is 10.3. The molecule has 0 aromatic heterocycles. The highest BCUT2D eigenvalue weighted by Crippen LogP contribution is 2.38. The van der Waals surface area contributed by atoms with Gasteiger partial charge in [0.25, 0.3) is 5.92 Å². The monoisotopic (exact) mass is 214 g/mol. The summed E-state index contributed by atoms with van der Waals surface area (Å²) in [7, 11) is 0. The van der Waals surface area contributed by atoms with Gasteiger partial charge in [-0.15, -0.1) is 0 Å². The van der Waals surface area contributed by atoms with Gasteiger partial charge >= 0.3 is 0 Å². The maximum absolute atomic E-state index is 12.9.